The third-order valence-corrected chi connectivity index (χ3v) is 2.38. The number of nitrogens with one attached hydrogen (secondary N) is 1. The van der Waals surface area contributed by atoms with Crippen molar-refractivity contribution < 1.29 is 14.7 Å². The van der Waals surface area contributed by atoms with Crippen molar-refractivity contribution in [3.8, 4) is 0 Å². The van der Waals surface area contributed by atoms with E-state index in [1.54, 1.807) is 6.07 Å². The van der Waals surface area contributed by atoms with Gasteiger partial charge in [-0.2, -0.15) is 5.10 Å². The van der Waals surface area contributed by atoms with Gasteiger partial charge in [-0.05, 0) is 12.8 Å². The summed E-state index contributed by atoms with van der Waals surface area (Å²) in [6, 6.07) is 1.75. The second-order valence-corrected chi connectivity index (χ2v) is 3.96. The molecule has 1 heterocycles. The predicted molar refractivity (Wildman–Crippen MR) is 56.1 cm³/mol. The van der Waals surface area contributed by atoms with Gasteiger partial charge in [0.25, 0.3) is 0 Å². The van der Waals surface area contributed by atoms with E-state index in [2.05, 4.69) is 10.4 Å². The number of hydrogen-bond donors (Lipinski definition) is 2. The Balaban J connectivity index is 2.23. The van der Waals surface area contributed by atoms with Crippen LogP contribution in [0, 0.1) is 0 Å². The Labute approximate surface area is 92.3 Å². The molecule has 0 aliphatic heterocycles. The molecule has 0 spiro atoms. The van der Waals surface area contributed by atoms with Gasteiger partial charge in [0.1, 0.15) is 12.4 Å². The first-order chi connectivity index (χ1) is 7.56. The first-order valence-corrected chi connectivity index (χ1v) is 5.13. The Morgan fingerprint density at radius 3 is 2.81 bits per heavy atom. The summed E-state index contributed by atoms with van der Waals surface area (Å²) in [4.78, 5) is 21.6. The summed E-state index contributed by atoms with van der Waals surface area (Å²) < 4.78 is 1.32. The van der Waals surface area contributed by atoms with Crippen molar-refractivity contribution in [3.05, 3.63) is 11.8 Å². The molecule has 2 rings (SSSR count). The van der Waals surface area contributed by atoms with Gasteiger partial charge >= 0.3 is 5.97 Å². The minimum absolute atomic E-state index is 0.228. The quantitative estimate of drug-likeness (QED) is 0.790. The number of carboxylic acids is 1. The van der Waals surface area contributed by atoms with E-state index in [9.17, 15) is 9.59 Å². The number of hydrogen-bond acceptors (Lipinski definition) is 3. The maximum Gasteiger partial charge on any atom is 0.325 e. The number of carboxylic acid groups (broad SMARTS) is 1. The van der Waals surface area contributed by atoms with Crippen LogP contribution in [0.25, 0.3) is 0 Å². The molecule has 0 bridgehead atoms. The molecule has 1 aliphatic rings. The van der Waals surface area contributed by atoms with Crippen LogP contribution in [0.3, 0.4) is 0 Å². The number of carbonyl (C=O) groups is 2. The van der Waals surface area contributed by atoms with Gasteiger partial charge in [-0.15, -0.1) is 0 Å². The summed E-state index contributed by atoms with van der Waals surface area (Å²) in [6.45, 7) is 1.15. The van der Waals surface area contributed by atoms with Gasteiger partial charge < -0.3 is 10.4 Å². The summed E-state index contributed by atoms with van der Waals surface area (Å²) in [5, 5.41) is 15.5. The van der Waals surface area contributed by atoms with Crippen LogP contribution in [0.4, 0.5) is 5.82 Å². The first kappa shape index (κ1) is 10.7. The molecule has 6 nitrogen and oxygen atoms in total. The van der Waals surface area contributed by atoms with Crippen LogP contribution in [0.15, 0.2) is 6.07 Å². The highest BCUT2D eigenvalue weighted by molar-refractivity contribution is 5.88. The van der Waals surface area contributed by atoms with E-state index in [1.165, 1.54) is 11.6 Å². The zero-order valence-corrected chi connectivity index (χ0v) is 8.93. The Bertz CT molecular complexity index is 401. The van der Waals surface area contributed by atoms with E-state index < -0.39 is 5.97 Å². The van der Waals surface area contributed by atoms with Gasteiger partial charge in [-0.25, -0.2) is 4.68 Å². The van der Waals surface area contributed by atoms with Crippen LogP contribution in [-0.4, -0.2) is 26.8 Å². The van der Waals surface area contributed by atoms with Gasteiger partial charge in [0.15, 0.2) is 0 Å². The summed E-state index contributed by atoms with van der Waals surface area (Å²) in [6.07, 6.45) is 2.17. The summed E-state index contributed by atoms with van der Waals surface area (Å²) >= 11 is 0. The van der Waals surface area contributed by atoms with Crippen molar-refractivity contribution in [2.75, 3.05) is 5.32 Å². The fraction of sp³-hybridized carbons (Fsp3) is 0.500. The van der Waals surface area contributed by atoms with Crippen LogP contribution in [0.5, 0.6) is 0 Å². The molecule has 1 aromatic rings. The number of carbonyl (C=O) groups excluding carboxylic acids is 1. The molecule has 0 radical (unpaired) electrons. The molecule has 1 fully saturated rings. The van der Waals surface area contributed by atoms with Gasteiger partial charge in [-0.3, -0.25) is 9.59 Å². The molecule has 1 saturated carbocycles. The maximum absolute atomic E-state index is 10.9. The highest BCUT2D eigenvalue weighted by Crippen LogP contribution is 2.40. The average Bonchev–Trinajstić information content (AvgIpc) is 2.91. The van der Waals surface area contributed by atoms with Crippen LogP contribution in [0.1, 0.15) is 31.4 Å². The van der Waals surface area contributed by atoms with E-state index in [-0.39, 0.29) is 12.5 Å². The summed E-state index contributed by atoms with van der Waals surface area (Å²) in [5.41, 5.74) is 0.866. The maximum atomic E-state index is 10.9. The highest BCUT2D eigenvalue weighted by Gasteiger charge is 2.27. The molecule has 1 amide bonds. The second-order valence-electron chi connectivity index (χ2n) is 3.96. The minimum Gasteiger partial charge on any atom is -0.480 e. The topological polar surface area (TPSA) is 84.2 Å². The zero-order valence-electron chi connectivity index (χ0n) is 8.93. The van der Waals surface area contributed by atoms with Gasteiger partial charge in [0.2, 0.25) is 5.91 Å². The van der Waals surface area contributed by atoms with Crippen molar-refractivity contribution in [3.63, 3.8) is 0 Å². The molecule has 1 aliphatic carbocycles. The van der Waals surface area contributed by atoms with Crippen LogP contribution in [-0.2, 0) is 16.1 Å². The lowest BCUT2D eigenvalue weighted by atomic mass is 10.3. The number of nitrogens with zero attached hydrogens (tertiary/aromatic N) is 2. The molecule has 0 saturated heterocycles. The average molecular weight is 223 g/mol. The minimum atomic E-state index is -0.975. The molecule has 0 unspecified atom stereocenters. The lowest BCUT2D eigenvalue weighted by molar-refractivity contribution is -0.137. The third kappa shape index (κ3) is 2.39. The summed E-state index contributed by atoms with van der Waals surface area (Å²) in [5.74, 6) is -0.315. The number of amides is 1. The highest BCUT2D eigenvalue weighted by atomic mass is 16.4. The third-order valence-electron chi connectivity index (χ3n) is 2.38. The molecule has 86 valence electrons. The SMILES string of the molecule is CC(=O)Nc1cc(C2CC2)nn1CC(=O)O. The Morgan fingerprint density at radius 2 is 2.31 bits per heavy atom. The molecule has 6 heteroatoms. The Hall–Kier alpha value is -1.85. The number of anilines is 1. The van der Waals surface area contributed by atoms with Crippen molar-refractivity contribution in [1.82, 2.24) is 9.78 Å². The van der Waals surface area contributed by atoms with E-state index in [4.69, 9.17) is 5.11 Å². The van der Waals surface area contributed by atoms with Crippen molar-refractivity contribution >= 4 is 17.7 Å². The van der Waals surface area contributed by atoms with Gasteiger partial charge in [-0.1, -0.05) is 0 Å². The van der Waals surface area contributed by atoms with Crippen LogP contribution >= 0.6 is 0 Å². The number of aromatic nitrogens is 2. The molecule has 0 atom stereocenters. The Kier molecular flexibility index (Phi) is 2.64. The normalized spacial score (nSPS) is 14.8. The van der Waals surface area contributed by atoms with Gasteiger partial charge in [0, 0.05) is 18.9 Å². The molecule has 2 N–H and O–H groups in total. The lowest BCUT2D eigenvalue weighted by Crippen LogP contribution is -2.16. The molecule has 0 aromatic carbocycles. The predicted octanol–water partition coefficient (Wildman–Crippen LogP) is 0.803. The van der Waals surface area contributed by atoms with Crippen LogP contribution < -0.4 is 5.32 Å². The smallest absolute Gasteiger partial charge is 0.325 e. The fourth-order valence-corrected chi connectivity index (χ4v) is 1.54. The largest absolute Gasteiger partial charge is 0.480 e. The number of aliphatic carboxylic acids is 1. The monoisotopic (exact) mass is 223 g/mol. The molecule has 16 heavy (non-hydrogen) atoms. The van der Waals surface area contributed by atoms with E-state index in [1.807, 2.05) is 0 Å². The lowest BCUT2D eigenvalue weighted by Gasteiger charge is -2.03. The fourth-order valence-electron chi connectivity index (χ4n) is 1.54. The molecular weight excluding hydrogens is 210 g/mol. The molecular formula is C10H13N3O3. The van der Waals surface area contributed by atoms with E-state index in [0.29, 0.717) is 11.7 Å². The van der Waals surface area contributed by atoms with Crippen molar-refractivity contribution in [2.24, 2.45) is 0 Å². The molecule has 1 aromatic heterocycles. The standard InChI is InChI=1S/C10H13N3O3/c1-6(14)11-9-4-8(7-2-3-7)12-13(9)5-10(15)16/h4,7H,2-3,5H2,1H3,(H,11,14)(H,15,16). The van der Waals surface area contributed by atoms with E-state index in [0.717, 1.165) is 18.5 Å². The van der Waals surface area contributed by atoms with Crippen LogP contribution in [0.2, 0.25) is 0 Å². The summed E-state index contributed by atoms with van der Waals surface area (Å²) in [7, 11) is 0. The number of rotatable bonds is 4. The Morgan fingerprint density at radius 1 is 1.62 bits per heavy atom. The van der Waals surface area contributed by atoms with Crippen molar-refractivity contribution in [1.29, 1.82) is 0 Å². The van der Waals surface area contributed by atoms with Gasteiger partial charge in [0.05, 0.1) is 5.69 Å². The van der Waals surface area contributed by atoms with E-state index >= 15 is 0 Å². The zero-order chi connectivity index (χ0) is 11.7. The first-order valence-electron chi connectivity index (χ1n) is 5.13. The van der Waals surface area contributed by atoms with Crippen molar-refractivity contribution in [2.45, 2.75) is 32.2 Å². The second kappa shape index (κ2) is 3.96.